The van der Waals surface area contributed by atoms with Crippen molar-refractivity contribution in [2.75, 3.05) is 24.9 Å². The van der Waals surface area contributed by atoms with E-state index in [1.54, 1.807) is 38.5 Å². The first-order valence-electron chi connectivity index (χ1n) is 10.3. The van der Waals surface area contributed by atoms with Crippen LogP contribution in [0.1, 0.15) is 22.8 Å². The third kappa shape index (κ3) is 4.32. The molecule has 0 spiro atoms. The number of hydrogen-bond acceptors (Lipinski definition) is 6. The Morgan fingerprint density at radius 1 is 0.906 bits per heavy atom. The molecule has 7 nitrogen and oxygen atoms in total. The van der Waals surface area contributed by atoms with E-state index >= 15 is 0 Å². The third-order valence-corrected chi connectivity index (χ3v) is 5.17. The summed E-state index contributed by atoms with van der Waals surface area (Å²) in [4.78, 5) is 21.4. The lowest BCUT2D eigenvalue weighted by atomic mass is 10.1. The zero-order valence-corrected chi connectivity index (χ0v) is 18.2. The summed E-state index contributed by atoms with van der Waals surface area (Å²) in [6.07, 6.45) is 2.44. The highest BCUT2D eigenvalue weighted by Crippen LogP contribution is 2.38. The molecule has 0 saturated heterocycles. The molecular formula is C25H24N4O3. The quantitative estimate of drug-likeness (QED) is 0.421. The number of carbonyl (C=O) groups is 1. The maximum atomic E-state index is 12.6. The minimum atomic E-state index is -0.236. The van der Waals surface area contributed by atoms with Crippen molar-refractivity contribution in [1.82, 2.24) is 9.97 Å². The van der Waals surface area contributed by atoms with Gasteiger partial charge in [-0.3, -0.25) is 4.79 Å². The average molecular weight is 428 g/mol. The minimum Gasteiger partial charge on any atom is -0.494 e. The van der Waals surface area contributed by atoms with Gasteiger partial charge in [-0.2, -0.15) is 0 Å². The third-order valence-electron chi connectivity index (χ3n) is 5.17. The van der Waals surface area contributed by atoms with Crippen LogP contribution in [0.15, 0.2) is 67.0 Å². The number of benzene rings is 3. The summed E-state index contributed by atoms with van der Waals surface area (Å²) in [5.74, 6) is 1.45. The van der Waals surface area contributed by atoms with E-state index in [4.69, 9.17) is 9.47 Å². The number of anilines is 3. The first-order valence-corrected chi connectivity index (χ1v) is 10.3. The summed E-state index contributed by atoms with van der Waals surface area (Å²) < 4.78 is 11.1. The maximum Gasteiger partial charge on any atom is 0.255 e. The second-order valence-corrected chi connectivity index (χ2v) is 7.13. The summed E-state index contributed by atoms with van der Waals surface area (Å²) in [7, 11) is 3.13. The van der Waals surface area contributed by atoms with E-state index in [2.05, 4.69) is 39.7 Å². The van der Waals surface area contributed by atoms with E-state index in [1.807, 2.05) is 24.3 Å². The van der Waals surface area contributed by atoms with Gasteiger partial charge in [-0.15, -0.1) is 0 Å². The molecule has 0 aliphatic carbocycles. The first kappa shape index (κ1) is 21.1. The molecule has 1 heterocycles. The Hall–Kier alpha value is -4.13. The summed E-state index contributed by atoms with van der Waals surface area (Å²) in [5.41, 5.74) is 3.75. The highest BCUT2D eigenvalue weighted by atomic mass is 16.5. The van der Waals surface area contributed by atoms with Gasteiger partial charge in [0.05, 0.1) is 31.1 Å². The van der Waals surface area contributed by atoms with Crippen molar-refractivity contribution in [3.05, 3.63) is 78.1 Å². The van der Waals surface area contributed by atoms with Crippen molar-refractivity contribution in [1.29, 1.82) is 0 Å². The molecule has 0 aliphatic rings. The SMILES string of the molecule is CCc1ccc2ncnc(Nc3cc(OC)c(NC(=O)c4ccccc4)cc3OC)c2c1. The van der Waals surface area contributed by atoms with Crippen LogP contribution in [0.2, 0.25) is 0 Å². The molecule has 0 saturated carbocycles. The highest BCUT2D eigenvalue weighted by Gasteiger charge is 2.16. The highest BCUT2D eigenvalue weighted by molar-refractivity contribution is 6.05. The standard InChI is InChI=1S/C25H24N4O3/c1-4-16-10-11-19-18(12-16)24(27-15-26-19)28-20-13-23(32-3)21(14-22(20)31-2)29-25(30)17-8-6-5-7-9-17/h5-15H,4H2,1-3H3,(H,29,30)(H,26,27,28). The molecule has 1 amide bonds. The summed E-state index contributed by atoms with van der Waals surface area (Å²) in [6.45, 7) is 2.11. The normalized spacial score (nSPS) is 10.6. The van der Waals surface area contributed by atoms with Crippen LogP contribution in [0, 0.1) is 0 Å². The number of rotatable bonds is 7. The fourth-order valence-electron chi connectivity index (χ4n) is 3.43. The predicted octanol–water partition coefficient (Wildman–Crippen LogP) is 5.21. The zero-order chi connectivity index (χ0) is 22.5. The number of hydrogen-bond donors (Lipinski definition) is 2. The van der Waals surface area contributed by atoms with Crippen LogP contribution >= 0.6 is 0 Å². The maximum absolute atomic E-state index is 12.6. The van der Waals surface area contributed by atoms with E-state index in [9.17, 15) is 4.79 Å². The minimum absolute atomic E-state index is 0.236. The van der Waals surface area contributed by atoms with E-state index in [-0.39, 0.29) is 5.91 Å². The zero-order valence-electron chi connectivity index (χ0n) is 18.2. The van der Waals surface area contributed by atoms with Crippen molar-refractivity contribution >= 4 is 34.0 Å². The number of amides is 1. The van der Waals surface area contributed by atoms with Crippen LogP contribution in [0.25, 0.3) is 10.9 Å². The molecule has 0 unspecified atom stereocenters. The number of fused-ring (bicyclic) bond motifs is 1. The molecule has 3 aromatic carbocycles. The van der Waals surface area contributed by atoms with Gasteiger partial charge in [0.2, 0.25) is 0 Å². The Morgan fingerprint density at radius 3 is 2.34 bits per heavy atom. The van der Waals surface area contributed by atoms with E-state index < -0.39 is 0 Å². The fourth-order valence-corrected chi connectivity index (χ4v) is 3.43. The Morgan fingerprint density at radius 2 is 1.62 bits per heavy atom. The van der Waals surface area contributed by atoms with Gasteiger partial charge in [0.1, 0.15) is 23.6 Å². The molecule has 0 aliphatic heterocycles. The van der Waals surface area contributed by atoms with Gasteiger partial charge in [-0.05, 0) is 36.2 Å². The molecule has 0 bridgehead atoms. The van der Waals surface area contributed by atoms with Gasteiger partial charge < -0.3 is 20.1 Å². The molecule has 162 valence electrons. The second kappa shape index (κ2) is 9.34. The number of methoxy groups -OCH3 is 2. The Bertz CT molecular complexity index is 1260. The predicted molar refractivity (Wildman–Crippen MR) is 126 cm³/mol. The molecule has 2 N–H and O–H groups in total. The summed E-state index contributed by atoms with van der Waals surface area (Å²) in [5, 5.41) is 7.14. The van der Waals surface area contributed by atoms with Gasteiger partial charge in [-0.25, -0.2) is 9.97 Å². The molecule has 7 heteroatoms. The van der Waals surface area contributed by atoms with Crippen molar-refractivity contribution < 1.29 is 14.3 Å². The van der Waals surface area contributed by atoms with E-state index in [0.29, 0.717) is 34.3 Å². The number of aromatic nitrogens is 2. The summed E-state index contributed by atoms with van der Waals surface area (Å²) in [6, 6.07) is 18.6. The molecular weight excluding hydrogens is 404 g/mol. The lowest BCUT2D eigenvalue weighted by molar-refractivity contribution is 0.102. The van der Waals surface area contributed by atoms with Gasteiger partial charge >= 0.3 is 0 Å². The molecule has 0 atom stereocenters. The van der Waals surface area contributed by atoms with Crippen LogP contribution in [0.5, 0.6) is 11.5 Å². The van der Waals surface area contributed by atoms with Crippen molar-refractivity contribution in [3.8, 4) is 11.5 Å². The smallest absolute Gasteiger partial charge is 0.255 e. The summed E-state index contributed by atoms with van der Waals surface area (Å²) >= 11 is 0. The number of nitrogens with one attached hydrogen (secondary N) is 2. The molecule has 1 aromatic heterocycles. The van der Waals surface area contributed by atoms with Crippen LogP contribution in [0.3, 0.4) is 0 Å². The Balaban J connectivity index is 1.70. The van der Waals surface area contributed by atoms with Gasteiger partial charge in [0.15, 0.2) is 0 Å². The topological polar surface area (TPSA) is 85.4 Å². The molecule has 0 radical (unpaired) electrons. The largest absolute Gasteiger partial charge is 0.494 e. The fraction of sp³-hybridized carbons (Fsp3) is 0.160. The van der Waals surface area contributed by atoms with Crippen LogP contribution in [0.4, 0.5) is 17.2 Å². The number of aryl methyl sites for hydroxylation is 1. The number of carbonyl (C=O) groups excluding carboxylic acids is 1. The van der Waals surface area contributed by atoms with Gasteiger partial charge in [-0.1, -0.05) is 31.2 Å². The number of nitrogens with zero attached hydrogens (tertiary/aromatic N) is 2. The molecule has 32 heavy (non-hydrogen) atoms. The average Bonchev–Trinajstić information content (AvgIpc) is 2.85. The first-order chi connectivity index (χ1) is 15.6. The van der Waals surface area contributed by atoms with Crippen LogP contribution in [-0.2, 0) is 6.42 Å². The van der Waals surface area contributed by atoms with Crippen molar-refractivity contribution in [3.63, 3.8) is 0 Å². The Labute approximate surface area is 186 Å². The molecule has 0 fully saturated rings. The second-order valence-electron chi connectivity index (χ2n) is 7.13. The van der Waals surface area contributed by atoms with Crippen molar-refractivity contribution in [2.24, 2.45) is 0 Å². The monoisotopic (exact) mass is 428 g/mol. The van der Waals surface area contributed by atoms with Crippen LogP contribution in [-0.4, -0.2) is 30.1 Å². The molecule has 4 aromatic rings. The number of ether oxygens (including phenoxy) is 2. The van der Waals surface area contributed by atoms with Crippen LogP contribution < -0.4 is 20.1 Å². The lowest BCUT2D eigenvalue weighted by Gasteiger charge is -2.17. The van der Waals surface area contributed by atoms with Gasteiger partial charge in [0.25, 0.3) is 5.91 Å². The van der Waals surface area contributed by atoms with Crippen molar-refractivity contribution in [2.45, 2.75) is 13.3 Å². The Kier molecular flexibility index (Phi) is 6.17. The van der Waals surface area contributed by atoms with E-state index in [0.717, 1.165) is 17.3 Å². The lowest BCUT2D eigenvalue weighted by Crippen LogP contribution is -2.13. The molecule has 4 rings (SSSR count). The van der Waals surface area contributed by atoms with Gasteiger partial charge in [0, 0.05) is 23.1 Å². The van der Waals surface area contributed by atoms with E-state index in [1.165, 1.54) is 11.9 Å².